The number of rotatable bonds is 7. The van der Waals surface area contributed by atoms with Gasteiger partial charge < -0.3 is 5.32 Å². The molecule has 1 amide bonds. The Hall–Kier alpha value is -2.72. The van der Waals surface area contributed by atoms with Gasteiger partial charge in [-0.05, 0) is 43.3 Å². The number of nitrogens with zero attached hydrogens (tertiary/aromatic N) is 4. The number of hydrogen-bond donors (Lipinski definition) is 1. The van der Waals surface area contributed by atoms with Crippen molar-refractivity contribution in [2.45, 2.75) is 36.2 Å². The summed E-state index contributed by atoms with van der Waals surface area (Å²) in [7, 11) is 0. The van der Waals surface area contributed by atoms with Gasteiger partial charge >= 0.3 is 0 Å². The third kappa shape index (κ3) is 3.92. The van der Waals surface area contributed by atoms with Crippen LogP contribution in [0.15, 0.2) is 46.9 Å². The summed E-state index contributed by atoms with van der Waals surface area (Å²) in [6.07, 6.45) is 2.18. The van der Waals surface area contributed by atoms with E-state index < -0.39 is 10.2 Å². The molecule has 1 unspecified atom stereocenters. The molecule has 4 rings (SSSR count). The monoisotopic (exact) mass is 415 g/mol. The maximum atomic E-state index is 12.5. The number of aromatic nitrogens is 3. The second kappa shape index (κ2) is 7.72. The van der Waals surface area contributed by atoms with Gasteiger partial charge in [-0.1, -0.05) is 17.8 Å². The minimum atomic E-state index is -0.472. The number of nitro benzene ring substituents is 1. The van der Waals surface area contributed by atoms with Crippen LogP contribution >= 0.6 is 23.1 Å². The van der Waals surface area contributed by atoms with Crippen LogP contribution in [-0.4, -0.2) is 30.8 Å². The fraction of sp³-hybridized carbons (Fsp3) is 0.278. The molecule has 1 atom stereocenters. The molecule has 1 N–H and O–H groups in total. The maximum absolute atomic E-state index is 12.5. The van der Waals surface area contributed by atoms with Crippen LogP contribution < -0.4 is 5.32 Å². The summed E-state index contributed by atoms with van der Waals surface area (Å²) < 4.78 is 2.13. The van der Waals surface area contributed by atoms with Crippen molar-refractivity contribution < 1.29 is 9.72 Å². The highest BCUT2D eigenvalue weighted by atomic mass is 32.2. The molecule has 0 radical (unpaired) electrons. The molecule has 0 aliphatic heterocycles. The van der Waals surface area contributed by atoms with Crippen LogP contribution in [0.1, 0.15) is 25.8 Å². The predicted octanol–water partition coefficient (Wildman–Crippen LogP) is 4.37. The van der Waals surface area contributed by atoms with E-state index >= 15 is 0 Å². The average Bonchev–Trinajstić information content (AvgIpc) is 3.20. The predicted molar refractivity (Wildman–Crippen MR) is 109 cm³/mol. The van der Waals surface area contributed by atoms with Crippen LogP contribution in [0.3, 0.4) is 0 Å². The lowest BCUT2D eigenvalue weighted by atomic mass is 10.3. The molecule has 1 aliphatic rings. The smallest absolute Gasteiger partial charge is 0.269 e. The Morgan fingerprint density at radius 2 is 2.07 bits per heavy atom. The number of benzene rings is 1. The van der Waals surface area contributed by atoms with Gasteiger partial charge in [0.2, 0.25) is 5.91 Å². The molecule has 3 aromatic rings. The van der Waals surface area contributed by atoms with E-state index in [9.17, 15) is 14.9 Å². The molecule has 2 heterocycles. The Morgan fingerprint density at radius 3 is 2.68 bits per heavy atom. The van der Waals surface area contributed by atoms with Crippen molar-refractivity contribution in [2.75, 3.05) is 5.32 Å². The van der Waals surface area contributed by atoms with E-state index in [1.54, 1.807) is 11.3 Å². The Morgan fingerprint density at radius 1 is 1.32 bits per heavy atom. The van der Waals surface area contributed by atoms with Gasteiger partial charge in [-0.3, -0.25) is 19.5 Å². The second-order valence-electron chi connectivity index (χ2n) is 6.44. The van der Waals surface area contributed by atoms with Crippen molar-refractivity contribution in [1.29, 1.82) is 0 Å². The van der Waals surface area contributed by atoms with E-state index in [1.807, 2.05) is 24.4 Å². The summed E-state index contributed by atoms with van der Waals surface area (Å²) in [5, 5.41) is 24.5. The van der Waals surface area contributed by atoms with Crippen molar-refractivity contribution in [1.82, 2.24) is 14.8 Å². The fourth-order valence-corrected chi connectivity index (χ4v) is 4.34. The highest BCUT2D eigenvalue weighted by molar-refractivity contribution is 8.00. The topological polar surface area (TPSA) is 103 Å². The molecule has 1 aliphatic carbocycles. The van der Waals surface area contributed by atoms with Crippen molar-refractivity contribution in [3.05, 3.63) is 51.9 Å². The first kappa shape index (κ1) is 18.6. The molecule has 0 spiro atoms. The van der Waals surface area contributed by atoms with Crippen LogP contribution in [0.25, 0.3) is 10.7 Å². The van der Waals surface area contributed by atoms with Gasteiger partial charge in [-0.15, -0.1) is 21.5 Å². The lowest BCUT2D eigenvalue weighted by Crippen LogP contribution is -2.22. The van der Waals surface area contributed by atoms with E-state index in [0.717, 1.165) is 28.7 Å². The molecular formula is C18H17N5O3S2. The number of anilines is 1. The first-order valence-corrected chi connectivity index (χ1v) is 10.5. The lowest BCUT2D eigenvalue weighted by Gasteiger charge is -2.13. The number of carbonyl (C=O) groups is 1. The van der Waals surface area contributed by atoms with E-state index in [-0.39, 0.29) is 11.6 Å². The number of carbonyl (C=O) groups excluding carboxylic acids is 1. The van der Waals surface area contributed by atoms with E-state index in [1.165, 1.54) is 36.0 Å². The van der Waals surface area contributed by atoms with Crippen molar-refractivity contribution in [3.63, 3.8) is 0 Å². The number of thiophene rings is 1. The summed E-state index contributed by atoms with van der Waals surface area (Å²) in [5.74, 6) is 0.657. The van der Waals surface area contributed by atoms with Crippen LogP contribution in [0.2, 0.25) is 0 Å². The van der Waals surface area contributed by atoms with Gasteiger partial charge in [0.05, 0.1) is 15.1 Å². The normalized spacial score (nSPS) is 14.6. The van der Waals surface area contributed by atoms with Gasteiger partial charge in [0.25, 0.3) is 5.69 Å². The highest BCUT2D eigenvalue weighted by Gasteiger charge is 2.31. The zero-order valence-corrected chi connectivity index (χ0v) is 16.6. The molecule has 8 nitrogen and oxygen atoms in total. The molecule has 28 heavy (non-hydrogen) atoms. The summed E-state index contributed by atoms with van der Waals surface area (Å²) >= 11 is 2.98. The summed E-state index contributed by atoms with van der Waals surface area (Å²) in [4.78, 5) is 23.9. The molecule has 0 bridgehead atoms. The standard InChI is InChI=1S/C18H17N5O3S2/c1-11(17(24)19-12-4-6-14(7-5-12)23(25)26)28-18-21-20-16(15-3-2-10-27-15)22(18)13-8-9-13/h2-7,10-11,13H,8-9H2,1H3,(H,19,24). The summed E-state index contributed by atoms with van der Waals surface area (Å²) in [6.45, 7) is 1.81. The summed E-state index contributed by atoms with van der Waals surface area (Å²) in [6, 6.07) is 10.2. The number of hydrogen-bond acceptors (Lipinski definition) is 7. The molecule has 2 aromatic heterocycles. The third-order valence-electron chi connectivity index (χ3n) is 4.32. The van der Waals surface area contributed by atoms with Crippen molar-refractivity contribution in [2.24, 2.45) is 0 Å². The Balaban J connectivity index is 1.47. The lowest BCUT2D eigenvalue weighted by molar-refractivity contribution is -0.384. The van der Waals surface area contributed by atoms with Crippen molar-refractivity contribution >= 4 is 40.4 Å². The number of non-ortho nitro benzene ring substituents is 1. The first-order valence-electron chi connectivity index (χ1n) is 8.73. The Kier molecular flexibility index (Phi) is 5.14. The van der Waals surface area contributed by atoms with E-state index in [2.05, 4.69) is 20.1 Å². The number of nitrogens with one attached hydrogen (secondary N) is 1. The molecule has 1 saturated carbocycles. The summed E-state index contributed by atoms with van der Waals surface area (Å²) in [5.41, 5.74) is 0.505. The van der Waals surface area contributed by atoms with Crippen molar-refractivity contribution in [3.8, 4) is 10.7 Å². The molecule has 144 valence electrons. The SMILES string of the molecule is CC(Sc1nnc(-c2cccs2)n1C1CC1)C(=O)Nc1ccc([N+](=O)[O-])cc1. The highest BCUT2D eigenvalue weighted by Crippen LogP contribution is 2.42. The zero-order valence-electron chi connectivity index (χ0n) is 14.9. The zero-order chi connectivity index (χ0) is 19.7. The Labute approximate surface area is 169 Å². The average molecular weight is 416 g/mol. The minimum Gasteiger partial charge on any atom is -0.325 e. The largest absolute Gasteiger partial charge is 0.325 e. The number of amides is 1. The maximum Gasteiger partial charge on any atom is 0.269 e. The van der Waals surface area contributed by atoms with Crippen LogP contribution in [-0.2, 0) is 4.79 Å². The molecule has 1 fully saturated rings. The van der Waals surface area contributed by atoms with Crippen LogP contribution in [0.5, 0.6) is 0 Å². The van der Waals surface area contributed by atoms with Gasteiger partial charge in [0, 0.05) is 23.9 Å². The molecular weight excluding hydrogens is 398 g/mol. The first-order chi connectivity index (χ1) is 13.5. The third-order valence-corrected chi connectivity index (χ3v) is 6.24. The molecule has 1 aromatic carbocycles. The van der Waals surface area contributed by atoms with Gasteiger partial charge in [-0.2, -0.15) is 0 Å². The fourth-order valence-electron chi connectivity index (χ4n) is 2.72. The Bertz CT molecular complexity index is 997. The molecule has 0 saturated heterocycles. The molecule has 10 heteroatoms. The minimum absolute atomic E-state index is 0.0148. The van der Waals surface area contributed by atoms with Crippen LogP contribution in [0, 0.1) is 10.1 Å². The van der Waals surface area contributed by atoms with Gasteiger partial charge in [0.1, 0.15) is 0 Å². The van der Waals surface area contributed by atoms with Gasteiger partial charge in [0.15, 0.2) is 11.0 Å². The van der Waals surface area contributed by atoms with E-state index in [4.69, 9.17) is 0 Å². The van der Waals surface area contributed by atoms with Crippen LogP contribution in [0.4, 0.5) is 11.4 Å². The second-order valence-corrected chi connectivity index (χ2v) is 8.69. The quantitative estimate of drug-likeness (QED) is 0.349. The number of thioether (sulfide) groups is 1. The van der Waals surface area contributed by atoms with E-state index in [0.29, 0.717) is 11.7 Å². The number of nitro groups is 1. The van der Waals surface area contributed by atoms with Gasteiger partial charge in [-0.25, -0.2) is 0 Å².